The third kappa shape index (κ3) is 2.24. The van der Waals surface area contributed by atoms with E-state index in [0.29, 0.717) is 5.56 Å². The van der Waals surface area contributed by atoms with Crippen LogP contribution in [0, 0.1) is 11.6 Å². The van der Waals surface area contributed by atoms with Crippen molar-refractivity contribution < 1.29 is 8.78 Å². The van der Waals surface area contributed by atoms with Crippen LogP contribution in [-0.2, 0) is 13.0 Å². The molecule has 1 aliphatic heterocycles. The lowest BCUT2D eigenvalue weighted by atomic mass is 9.95. The molecule has 2 aromatic carbocycles. The molecular formula is C21H15F2N3. The molecule has 0 spiro atoms. The van der Waals surface area contributed by atoms with Crippen molar-refractivity contribution in [1.82, 2.24) is 14.8 Å². The van der Waals surface area contributed by atoms with E-state index < -0.39 is 11.6 Å². The van der Waals surface area contributed by atoms with Gasteiger partial charge in [0.25, 0.3) is 0 Å². The summed E-state index contributed by atoms with van der Waals surface area (Å²) in [5.74, 6) is -1.14. The summed E-state index contributed by atoms with van der Waals surface area (Å²) in [6.45, 7) is 0.814. The highest BCUT2D eigenvalue weighted by atomic mass is 19.1. The first kappa shape index (κ1) is 15.2. The van der Waals surface area contributed by atoms with Crippen LogP contribution in [0.3, 0.4) is 0 Å². The molecule has 0 radical (unpaired) electrons. The summed E-state index contributed by atoms with van der Waals surface area (Å²) in [6, 6.07) is 13.5. The third-order valence-corrected chi connectivity index (χ3v) is 4.95. The largest absolute Gasteiger partial charge is 0.268 e. The van der Waals surface area contributed by atoms with Crippen molar-refractivity contribution in [1.29, 1.82) is 0 Å². The van der Waals surface area contributed by atoms with Crippen LogP contribution in [0.1, 0.15) is 12.1 Å². The lowest BCUT2D eigenvalue weighted by Gasteiger charge is -2.09. The van der Waals surface area contributed by atoms with Gasteiger partial charge in [-0.15, -0.1) is 0 Å². The maximum absolute atomic E-state index is 14.6. The molecule has 0 fully saturated rings. The van der Waals surface area contributed by atoms with Crippen molar-refractivity contribution in [2.24, 2.45) is 0 Å². The zero-order valence-electron chi connectivity index (χ0n) is 13.9. The lowest BCUT2D eigenvalue weighted by Crippen LogP contribution is -1.94. The smallest absolute Gasteiger partial charge is 0.134 e. The maximum atomic E-state index is 14.6. The Labute approximate surface area is 148 Å². The Morgan fingerprint density at radius 2 is 1.85 bits per heavy atom. The van der Waals surface area contributed by atoms with Crippen molar-refractivity contribution in [3.05, 3.63) is 72.1 Å². The number of rotatable bonds is 2. The molecule has 128 valence electrons. The van der Waals surface area contributed by atoms with Gasteiger partial charge in [0.1, 0.15) is 17.3 Å². The predicted octanol–water partition coefficient (Wildman–Crippen LogP) is 4.99. The Hall–Kier alpha value is -3.08. The summed E-state index contributed by atoms with van der Waals surface area (Å²) in [4.78, 5) is 4.40. The quantitative estimate of drug-likeness (QED) is 0.511. The second kappa shape index (κ2) is 5.73. The van der Waals surface area contributed by atoms with Crippen LogP contribution in [0.4, 0.5) is 8.78 Å². The first-order valence-electron chi connectivity index (χ1n) is 8.61. The normalized spacial score (nSPS) is 13.3. The van der Waals surface area contributed by atoms with Crippen LogP contribution < -0.4 is 0 Å². The van der Waals surface area contributed by atoms with Gasteiger partial charge in [-0.05, 0) is 37.1 Å². The fourth-order valence-electron chi connectivity index (χ4n) is 3.80. The Kier molecular flexibility index (Phi) is 3.35. The highest BCUT2D eigenvalue weighted by Crippen LogP contribution is 2.40. The first-order chi connectivity index (χ1) is 12.7. The second-order valence-electron chi connectivity index (χ2n) is 6.50. The Morgan fingerprint density at radius 3 is 2.73 bits per heavy atom. The summed E-state index contributed by atoms with van der Waals surface area (Å²) in [5, 5.41) is 5.75. The number of halogens is 2. The number of benzene rings is 2. The molecule has 0 saturated heterocycles. The minimum Gasteiger partial charge on any atom is -0.268 e. The molecule has 0 saturated carbocycles. The number of aryl methyl sites for hydroxylation is 1. The van der Waals surface area contributed by atoms with E-state index in [1.807, 2.05) is 35.0 Å². The van der Waals surface area contributed by atoms with Gasteiger partial charge in [-0.2, -0.15) is 5.10 Å². The number of hydrogen-bond donors (Lipinski definition) is 0. The van der Waals surface area contributed by atoms with Gasteiger partial charge in [-0.25, -0.2) is 8.78 Å². The molecule has 3 nitrogen and oxygen atoms in total. The molecule has 0 N–H and O–H groups in total. The molecule has 3 heterocycles. The van der Waals surface area contributed by atoms with Crippen LogP contribution in [0.25, 0.3) is 33.3 Å². The van der Waals surface area contributed by atoms with Crippen molar-refractivity contribution in [2.75, 3.05) is 0 Å². The summed E-state index contributed by atoms with van der Waals surface area (Å²) in [6.07, 6.45) is 3.56. The van der Waals surface area contributed by atoms with Crippen molar-refractivity contribution in [3.8, 4) is 22.4 Å². The van der Waals surface area contributed by atoms with Gasteiger partial charge in [-0.3, -0.25) is 9.67 Å². The van der Waals surface area contributed by atoms with E-state index in [9.17, 15) is 8.78 Å². The second-order valence-corrected chi connectivity index (χ2v) is 6.50. The van der Waals surface area contributed by atoms with Crippen LogP contribution in [0.5, 0.6) is 0 Å². The monoisotopic (exact) mass is 347 g/mol. The summed E-state index contributed by atoms with van der Waals surface area (Å²) >= 11 is 0. The van der Waals surface area contributed by atoms with Crippen LogP contribution in [-0.4, -0.2) is 14.8 Å². The molecule has 26 heavy (non-hydrogen) atoms. The zero-order chi connectivity index (χ0) is 17.7. The Bertz CT molecular complexity index is 1140. The molecule has 4 aromatic rings. The number of fused-ring (bicyclic) bond motifs is 2. The molecular weight excluding hydrogens is 332 g/mol. The molecule has 1 aliphatic rings. The molecule has 0 atom stereocenters. The predicted molar refractivity (Wildman–Crippen MR) is 96.6 cm³/mol. The molecule has 5 rings (SSSR count). The fraction of sp³-hybridized carbons (Fsp3) is 0.143. The molecule has 0 aliphatic carbocycles. The highest BCUT2D eigenvalue weighted by Gasteiger charge is 2.26. The Morgan fingerprint density at radius 1 is 0.962 bits per heavy atom. The van der Waals surface area contributed by atoms with Gasteiger partial charge in [0.15, 0.2) is 0 Å². The molecule has 0 amide bonds. The van der Waals surface area contributed by atoms with E-state index in [0.717, 1.165) is 58.9 Å². The van der Waals surface area contributed by atoms with E-state index in [1.165, 1.54) is 12.1 Å². The van der Waals surface area contributed by atoms with Gasteiger partial charge in [-0.1, -0.05) is 18.2 Å². The van der Waals surface area contributed by atoms with E-state index >= 15 is 0 Å². The lowest BCUT2D eigenvalue weighted by molar-refractivity contribution is 0.585. The molecule has 2 aromatic heterocycles. The van der Waals surface area contributed by atoms with Crippen molar-refractivity contribution >= 4 is 10.9 Å². The number of aromatic nitrogens is 3. The molecule has 0 unspecified atom stereocenters. The fourth-order valence-corrected chi connectivity index (χ4v) is 3.80. The van der Waals surface area contributed by atoms with Crippen molar-refractivity contribution in [2.45, 2.75) is 19.4 Å². The van der Waals surface area contributed by atoms with Crippen LogP contribution >= 0.6 is 0 Å². The summed E-state index contributed by atoms with van der Waals surface area (Å²) in [7, 11) is 0. The maximum Gasteiger partial charge on any atom is 0.134 e. The standard InChI is InChI=1S/C21H15F2N3/c22-13-7-8-16(17(23)12-13)20-19-6-3-11-26(19)25-21(20)15-9-10-24-18-5-2-1-4-14(15)18/h1-2,4-5,7-10,12H,3,6,11H2. The van der Waals surface area contributed by atoms with Crippen LogP contribution in [0.15, 0.2) is 54.7 Å². The SMILES string of the molecule is Fc1ccc(-c2c(-c3ccnc4ccccc34)nn3c2CCC3)c(F)c1. The van der Waals surface area contributed by atoms with Gasteiger partial charge in [0.2, 0.25) is 0 Å². The minimum absolute atomic E-state index is 0.394. The topological polar surface area (TPSA) is 30.7 Å². The van der Waals surface area contributed by atoms with E-state index in [1.54, 1.807) is 6.20 Å². The van der Waals surface area contributed by atoms with Crippen LogP contribution in [0.2, 0.25) is 0 Å². The third-order valence-electron chi connectivity index (χ3n) is 4.95. The van der Waals surface area contributed by atoms with E-state index in [-0.39, 0.29) is 0 Å². The number of pyridine rings is 1. The molecule has 0 bridgehead atoms. The van der Waals surface area contributed by atoms with Crippen molar-refractivity contribution in [3.63, 3.8) is 0 Å². The average Bonchev–Trinajstić information content (AvgIpc) is 3.23. The molecule has 5 heteroatoms. The zero-order valence-corrected chi connectivity index (χ0v) is 13.9. The number of hydrogen-bond acceptors (Lipinski definition) is 2. The highest BCUT2D eigenvalue weighted by molar-refractivity contribution is 5.98. The summed E-state index contributed by atoms with van der Waals surface area (Å²) in [5.41, 5.74) is 4.66. The van der Waals surface area contributed by atoms with Gasteiger partial charge in [0, 0.05) is 46.6 Å². The van der Waals surface area contributed by atoms with Gasteiger partial charge < -0.3 is 0 Å². The average molecular weight is 347 g/mol. The number of nitrogens with zero attached hydrogens (tertiary/aromatic N) is 3. The summed E-state index contributed by atoms with van der Waals surface area (Å²) < 4.78 is 30.0. The van der Waals surface area contributed by atoms with E-state index in [2.05, 4.69) is 4.98 Å². The minimum atomic E-state index is -0.578. The van der Waals surface area contributed by atoms with Gasteiger partial charge in [0.05, 0.1) is 5.52 Å². The number of para-hydroxylation sites is 1. The first-order valence-corrected chi connectivity index (χ1v) is 8.61. The van der Waals surface area contributed by atoms with E-state index in [4.69, 9.17) is 5.10 Å². The Balaban J connectivity index is 1.83. The van der Waals surface area contributed by atoms with Gasteiger partial charge >= 0.3 is 0 Å².